The van der Waals surface area contributed by atoms with Crippen LogP contribution in [0.25, 0.3) is 0 Å². The van der Waals surface area contributed by atoms with Crippen LogP contribution in [0.4, 0.5) is 4.79 Å². The van der Waals surface area contributed by atoms with E-state index >= 15 is 0 Å². The Balaban J connectivity index is 2.65. The second kappa shape index (κ2) is 7.28. The Kier molecular flexibility index (Phi) is 5.71. The third kappa shape index (κ3) is 4.79. The zero-order chi connectivity index (χ0) is 15.9. The molecule has 0 aliphatic carbocycles. The van der Waals surface area contributed by atoms with E-state index in [1.165, 1.54) is 6.92 Å². The number of hydrogen-bond acceptors (Lipinski definition) is 3. The molecule has 0 radical (unpaired) electrons. The number of carboxylic acids is 1. The number of hydrogen-bond donors (Lipinski definition) is 4. The molecule has 1 unspecified atom stereocenters. The van der Waals surface area contributed by atoms with Gasteiger partial charge < -0.3 is 21.5 Å². The molecule has 0 saturated heterocycles. The molecule has 7 nitrogen and oxygen atoms in total. The minimum Gasteiger partial charge on any atom is -0.479 e. The fraction of sp³-hybridized carbons (Fsp3) is 0.357. The summed E-state index contributed by atoms with van der Waals surface area (Å²) in [5.41, 5.74) is 3.91. The number of benzene rings is 1. The van der Waals surface area contributed by atoms with Crippen LogP contribution in [-0.4, -0.2) is 29.6 Å². The van der Waals surface area contributed by atoms with Gasteiger partial charge in [0.1, 0.15) is 0 Å². The number of carboxylic acid groups (broad SMARTS) is 1. The van der Waals surface area contributed by atoms with Gasteiger partial charge in [0.05, 0.1) is 0 Å². The van der Waals surface area contributed by atoms with E-state index < -0.39 is 23.4 Å². The number of carbonyl (C=O) groups is 3. The van der Waals surface area contributed by atoms with Gasteiger partial charge in [-0.25, -0.2) is 9.59 Å². The summed E-state index contributed by atoms with van der Waals surface area (Å²) >= 11 is 0. The van der Waals surface area contributed by atoms with Gasteiger partial charge in [0.15, 0.2) is 5.54 Å². The summed E-state index contributed by atoms with van der Waals surface area (Å²) in [5, 5.41) is 14.3. The Morgan fingerprint density at radius 3 is 2.38 bits per heavy atom. The third-order valence-corrected chi connectivity index (χ3v) is 3.03. The normalized spacial score (nSPS) is 13.0. The predicted molar refractivity (Wildman–Crippen MR) is 76.4 cm³/mol. The van der Waals surface area contributed by atoms with Crippen LogP contribution in [-0.2, 0) is 15.1 Å². The molecule has 3 amide bonds. The summed E-state index contributed by atoms with van der Waals surface area (Å²) < 4.78 is 0. The summed E-state index contributed by atoms with van der Waals surface area (Å²) in [6.07, 6.45) is 0.563. The van der Waals surface area contributed by atoms with Crippen LogP contribution in [0.2, 0.25) is 0 Å². The molecule has 0 saturated carbocycles. The van der Waals surface area contributed by atoms with Crippen LogP contribution >= 0.6 is 0 Å². The fourth-order valence-corrected chi connectivity index (χ4v) is 1.76. The molecular weight excluding hydrogens is 274 g/mol. The van der Waals surface area contributed by atoms with Crippen molar-refractivity contribution in [2.24, 2.45) is 5.73 Å². The number of nitrogens with two attached hydrogens (primary N) is 1. The van der Waals surface area contributed by atoms with Crippen LogP contribution in [0.15, 0.2) is 30.3 Å². The molecule has 0 aliphatic rings. The third-order valence-electron chi connectivity index (χ3n) is 3.03. The van der Waals surface area contributed by atoms with Gasteiger partial charge in [-0.05, 0) is 18.9 Å². The van der Waals surface area contributed by atoms with Crippen molar-refractivity contribution >= 4 is 17.9 Å². The highest BCUT2D eigenvalue weighted by molar-refractivity contribution is 5.87. The predicted octanol–water partition coefficient (Wildman–Crippen LogP) is 0.551. The average Bonchev–Trinajstić information content (AvgIpc) is 2.44. The van der Waals surface area contributed by atoms with Crippen LogP contribution in [0.1, 0.15) is 25.3 Å². The van der Waals surface area contributed by atoms with Gasteiger partial charge in [-0.15, -0.1) is 0 Å². The quantitative estimate of drug-likeness (QED) is 0.548. The first-order valence-electron chi connectivity index (χ1n) is 6.49. The number of primary amides is 1. The van der Waals surface area contributed by atoms with Crippen molar-refractivity contribution in [3.8, 4) is 0 Å². The van der Waals surface area contributed by atoms with E-state index in [1.807, 2.05) is 0 Å². The molecule has 0 fully saturated rings. The van der Waals surface area contributed by atoms with Gasteiger partial charge in [0.25, 0.3) is 0 Å². The number of nitrogens with one attached hydrogen (secondary N) is 2. The van der Waals surface area contributed by atoms with Crippen molar-refractivity contribution in [1.29, 1.82) is 0 Å². The number of rotatable bonds is 7. The topological polar surface area (TPSA) is 122 Å². The minimum atomic E-state index is -1.53. The number of amides is 3. The van der Waals surface area contributed by atoms with Gasteiger partial charge >= 0.3 is 12.0 Å². The van der Waals surface area contributed by atoms with Gasteiger partial charge in [-0.1, -0.05) is 30.3 Å². The maximum atomic E-state index is 11.8. The Hall–Kier alpha value is -2.57. The molecule has 0 bridgehead atoms. The molecule has 1 rings (SSSR count). The summed E-state index contributed by atoms with van der Waals surface area (Å²) in [6, 6.07) is 7.79. The van der Waals surface area contributed by atoms with Crippen molar-refractivity contribution in [3.63, 3.8) is 0 Å². The van der Waals surface area contributed by atoms with Crippen molar-refractivity contribution in [2.45, 2.75) is 25.3 Å². The van der Waals surface area contributed by atoms with Gasteiger partial charge in [0, 0.05) is 13.0 Å². The second-order valence-corrected chi connectivity index (χ2v) is 4.75. The first-order valence-corrected chi connectivity index (χ1v) is 6.49. The minimum absolute atomic E-state index is 0.162. The highest BCUT2D eigenvalue weighted by Gasteiger charge is 2.36. The fourth-order valence-electron chi connectivity index (χ4n) is 1.76. The van der Waals surface area contributed by atoms with E-state index in [-0.39, 0.29) is 13.0 Å². The Morgan fingerprint density at radius 2 is 1.86 bits per heavy atom. The zero-order valence-electron chi connectivity index (χ0n) is 11.8. The molecule has 0 spiro atoms. The summed E-state index contributed by atoms with van der Waals surface area (Å²) in [5.74, 6) is -1.61. The molecule has 5 N–H and O–H groups in total. The van der Waals surface area contributed by atoms with E-state index in [0.717, 1.165) is 0 Å². The maximum Gasteiger partial charge on any atom is 0.333 e. The largest absolute Gasteiger partial charge is 0.479 e. The lowest BCUT2D eigenvalue weighted by Crippen LogP contribution is -2.53. The van der Waals surface area contributed by atoms with Crippen molar-refractivity contribution < 1.29 is 19.5 Å². The van der Waals surface area contributed by atoms with Crippen LogP contribution in [0, 0.1) is 0 Å². The van der Waals surface area contributed by atoms with E-state index in [4.69, 9.17) is 5.73 Å². The molecule has 0 aromatic heterocycles. The smallest absolute Gasteiger partial charge is 0.333 e. The SMILES string of the molecule is CC(NC(=O)NCCCC(N)=O)(C(=O)O)c1ccccc1. The van der Waals surface area contributed by atoms with Crippen molar-refractivity contribution in [3.05, 3.63) is 35.9 Å². The molecule has 0 aliphatic heterocycles. The standard InChI is InChI=1S/C14H19N3O4/c1-14(12(19)20,10-6-3-2-4-7-10)17-13(21)16-9-5-8-11(15)18/h2-4,6-7H,5,8-9H2,1H3,(H2,15,18)(H,19,20)(H2,16,17,21). The molecule has 1 aromatic carbocycles. The highest BCUT2D eigenvalue weighted by Crippen LogP contribution is 2.20. The van der Waals surface area contributed by atoms with Crippen LogP contribution in [0.5, 0.6) is 0 Å². The van der Waals surface area contributed by atoms with Crippen molar-refractivity contribution in [1.82, 2.24) is 10.6 Å². The van der Waals surface area contributed by atoms with E-state index in [2.05, 4.69) is 10.6 Å². The Labute approximate surface area is 122 Å². The molecule has 114 valence electrons. The molecule has 7 heteroatoms. The molecule has 1 atom stereocenters. The molecule has 0 heterocycles. The van der Waals surface area contributed by atoms with Gasteiger partial charge in [-0.2, -0.15) is 0 Å². The first kappa shape index (κ1) is 16.5. The molecule has 21 heavy (non-hydrogen) atoms. The van der Waals surface area contributed by atoms with Crippen LogP contribution < -0.4 is 16.4 Å². The summed E-state index contributed by atoms with van der Waals surface area (Å²) in [6.45, 7) is 1.65. The lowest BCUT2D eigenvalue weighted by Gasteiger charge is -2.26. The van der Waals surface area contributed by atoms with Gasteiger partial charge in [-0.3, -0.25) is 4.79 Å². The number of urea groups is 1. The summed E-state index contributed by atoms with van der Waals surface area (Å²) in [4.78, 5) is 33.8. The van der Waals surface area contributed by atoms with E-state index in [1.54, 1.807) is 30.3 Å². The first-order chi connectivity index (χ1) is 9.86. The Morgan fingerprint density at radius 1 is 1.24 bits per heavy atom. The second-order valence-electron chi connectivity index (χ2n) is 4.75. The van der Waals surface area contributed by atoms with Crippen molar-refractivity contribution in [2.75, 3.05) is 6.54 Å². The summed E-state index contributed by atoms with van der Waals surface area (Å²) in [7, 11) is 0. The maximum absolute atomic E-state index is 11.8. The number of aliphatic carboxylic acids is 1. The lowest BCUT2D eigenvalue weighted by molar-refractivity contribution is -0.144. The molecule has 1 aromatic rings. The molecular formula is C14H19N3O4. The monoisotopic (exact) mass is 293 g/mol. The number of carbonyl (C=O) groups excluding carboxylic acids is 2. The lowest BCUT2D eigenvalue weighted by atomic mass is 9.92. The Bertz CT molecular complexity index is 518. The highest BCUT2D eigenvalue weighted by atomic mass is 16.4. The van der Waals surface area contributed by atoms with E-state index in [9.17, 15) is 19.5 Å². The van der Waals surface area contributed by atoms with E-state index in [0.29, 0.717) is 12.0 Å². The van der Waals surface area contributed by atoms with Gasteiger partial charge in [0.2, 0.25) is 5.91 Å². The van der Waals surface area contributed by atoms with Crippen LogP contribution in [0.3, 0.4) is 0 Å². The average molecular weight is 293 g/mol. The zero-order valence-corrected chi connectivity index (χ0v) is 11.8.